The van der Waals surface area contributed by atoms with Gasteiger partial charge in [-0.05, 0) is 55.3 Å². The van der Waals surface area contributed by atoms with E-state index in [2.05, 4.69) is 12.2 Å². The molecule has 1 saturated heterocycles. The first-order valence-electron chi connectivity index (χ1n) is 10.1. The number of hydrogen-bond acceptors (Lipinski definition) is 5. The minimum atomic E-state index is -0.597. The zero-order chi connectivity index (χ0) is 21.5. The first-order valence-corrected chi connectivity index (χ1v) is 10.1. The molecule has 0 aromatic heterocycles. The molecule has 7 nitrogen and oxygen atoms in total. The van der Waals surface area contributed by atoms with E-state index in [0.717, 1.165) is 12.2 Å². The number of aryl methyl sites for hydroxylation is 1. The van der Waals surface area contributed by atoms with Crippen LogP contribution in [0.3, 0.4) is 0 Å². The summed E-state index contributed by atoms with van der Waals surface area (Å²) in [6.45, 7) is 4.36. The van der Waals surface area contributed by atoms with Crippen LogP contribution in [0.15, 0.2) is 48.5 Å². The van der Waals surface area contributed by atoms with Crippen LogP contribution in [-0.4, -0.2) is 37.5 Å². The maximum atomic E-state index is 12.3. The Morgan fingerprint density at radius 2 is 1.77 bits per heavy atom. The van der Waals surface area contributed by atoms with Crippen molar-refractivity contribution in [3.63, 3.8) is 0 Å². The molecule has 2 aromatic carbocycles. The zero-order valence-corrected chi connectivity index (χ0v) is 17.2. The Morgan fingerprint density at radius 1 is 1.07 bits per heavy atom. The number of benzene rings is 2. The Kier molecular flexibility index (Phi) is 7.06. The summed E-state index contributed by atoms with van der Waals surface area (Å²) < 4.78 is 10.5. The first-order chi connectivity index (χ1) is 14.5. The second-order valence-corrected chi connectivity index (χ2v) is 7.04. The van der Waals surface area contributed by atoms with Gasteiger partial charge in [0.2, 0.25) is 5.91 Å². The van der Waals surface area contributed by atoms with Gasteiger partial charge in [-0.2, -0.15) is 0 Å². The minimum absolute atomic E-state index is 0.0617. The number of anilines is 2. The number of carbonyl (C=O) groups excluding carboxylic acids is 3. The first kappa shape index (κ1) is 21.4. The van der Waals surface area contributed by atoms with E-state index in [4.69, 9.17) is 9.47 Å². The van der Waals surface area contributed by atoms with Gasteiger partial charge in [-0.25, -0.2) is 0 Å². The van der Waals surface area contributed by atoms with Crippen LogP contribution in [0.2, 0.25) is 0 Å². The van der Waals surface area contributed by atoms with Crippen molar-refractivity contribution in [1.82, 2.24) is 0 Å². The second-order valence-electron chi connectivity index (χ2n) is 7.04. The SMILES string of the molecule is CCOc1ccc(N2C[C@@H](C(=O)OCC(=O)Nc3ccc(CC)cc3)CC2=O)cc1. The fraction of sp³-hybridized carbons (Fsp3) is 0.348. The van der Waals surface area contributed by atoms with Crippen molar-refractivity contribution >= 4 is 29.2 Å². The van der Waals surface area contributed by atoms with Gasteiger partial charge >= 0.3 is 5.97 Å². The highest BCUT2D eigenvalue weighted by molar-refractivity contribution is 6.00. The van der Waals surface area contributed by atoms with Crippen molar-refractivity contribution in [2.24, 2.45) is 5.92 Å². The molecule has 1 atom stereocenters. The Labute approximate surface area is 176 Å². The van der Waals surface area contributed by atoms with Crippen LogP contribution >= 0.6 is 0 Å². The molecule has 0 unspecified atom stereocenters. The number of carbonyl (C=O) groups is 3. The molecule has 30 heavy (non-hydrogen) atoms. The van der Waals surface area contributed by atoms with Crippen LogP contribution in [0.1, 0.15) is 25.8 Å². The Hall–Kier alpha value is -3.35. The monoisotopic (exact) mass is 410 g/mol. The summed E-state index contributed by atoms with van der Waals surface area (Å²) in [6, 6.07) is 14.6. The fourth-order valence-corrected chi connectivity index (χ4v) is 3.28. The molecule has 1 fully saturated rings. The molecule has 0 saturated carbocycles. The maximum Gasteiger partial charge on any atom is 0.311 e. The number of esters is 1. The molecule has 1 aliphatic heterocycles. The van der Waals surface area contributed by atoms with Crippen molar-refractivity contribution in [2.45, 2.75) is 26.7 Å². The average Bonchev–Trinajstić information content (AvgIpc) is 3.15. The summed E-state index contributed by atoms with van der Waals surface area (Å²) in [5.41, 5.74) is 2.51. The Morgan fingerprint density at radius 3 is 2.40 bits per heavy atom. The highest BCUT2D eigenvalue weighted by atomic mass is 16.5. The van der Waals surface area contributed by atoms with E-state index in [9.17, 15) is 14.4 Å². The summed E-state index contributed by atoms with van der Waals surface area (Å²) in [5.74, 6) is -0.991. The van der Waals surface area contributed by atoms with Crippen LogP contribution in [0.4, 0.5) is 11.4 Å². The smallest absolute Gasteiger partial charge is 0.311 e. The molecular weight excluding hydrogens is 384 g/mol. The largest absolute Gasteiger partial charge is 0.494 e. The predicted octanol–water partition coefficient (Wildman–Crippen LogP) is 3.18. The van der Waals surface area contributed by atoms with Crippen LogP contribution < -0.4 is 15.0 Å². The van der Waals surface area contributed by atoms with Gasteiger partial charge in [-0.3, -0.25) is 14.4 Å². The van der Waals surface area contributed by atoms with E-state index in [1.165, 1.54) is 5.56 Å². The van der Waals surface area contributed by atoms with Gasteiger partial charge in [0.05, 0.1) is 12.5 Å². The van der Waals surface area contributed by atoms with Crippen molar-refractivity contribution in [3.05, 3.63) is 54.1 Å². The highest BCUT2D eigenvalue weighted by Crippen LogP contribution is 2.27. The number of nitrogens with zero attached hydrogens (tertiary/aromatic N) is 1. The lowest BCUT2D eigenvalue weighted by atomic mass is 10.1. The lowest BCUT2D eigenvalue weighted by Crippen LogP contribution is -2.28. The lowest BCUT2D eigenvalue weighted by molar-refractivity contribution is -0.151. The number of rotatable bonds is 8. The third-order valence-electron chi connectivity index (χ3n) is 4.91. The highest BCUT2D eigenvalue weighted by Gasteiger charge is 2.36. The van der Waals surface area contributed by atoms with Crippen LogP contribution in [0, 0.1) is 5.92 Å². The zero-order valence-electron chi connectivity index (χ0n) is 17.2. The van der Waals surface area contributed by atoms with Gasteiger partial charge in [-0.1, -0.05) is 19.1 Å². The molecule has 1 heterocycles. The molecule has 3 rings (SSSR count). The summed E-state index contributed by atoms with van der Waals surface area (Å²) in [5, 5.41) is 2.69. The van der Waals surface area contributed by atoms with E-state index in [0.29, 0.717) is 18.0 Å². The maximum absolute atomic E-state index is 12.3. The van der Waals surface area contributed by atoms with Gasteiger partial charge in [0, 0.05) is 24.3 Å². The molecule has 2 amide bonds. The lowest BCUT2D eigenvalue weighted by Gasteiger charge is -2.17. The topological polar surface area (TPSA) is 84.9 Å². The van der Waals surface area contributed by atoms with Crippen molar-refractivity contribution in [3.8, 4) is 5.75 Å². The normalized spacial score (nSPS) is 15.7. The van der Waals surface area contributed by atoms with Gasteiger partial charge in [0.1, 0.15) is 5.75 Å². The van der Waals surface area contributed by atoms with Crippen LogP contribution in [0.5, 0.6) is 5.75 Å². The standard InChI is InChI=1S/C23H26N2O5/c1-3-16-5-7-18(8-6-16)24-21(26)15-30-23(28)17-13-22(27)25(14-17)19-9-11-20(12-10-19)29-4-2/h5-12,17H,3-4,13-15H2,1-2H3,(H,24,26)/t17-/m0/s1. The number of nitrogens with one attached hydrogen (secondary N) is 1. The number of amides is 2. The van der Waals surface area contributed by atoms with Gasteiger partial charge in [-0.15, -0.1) is 0 Å². The van der Waals surface area contributed by atoms with Crippen molar-refractivity contribution in [1.29, 1.82) is 0 Å². The van der Waals surface area contributed by atoms with E-state index in [-0.39, 0.29) is 25.5 Å². The Bertz CT molecular complexity index is 893. The molecule has 158 valence electrons. The quantitative estimate of drug-likeness (QED) is 0.676. The van der Waals surface area contributed by atoms with Gasteiger partial charge in [0.25, 0.3) is 5.91 Å². The summed E-state index contributed by atoms with van der Waals surface area (Å²) in [6.07, 6.45) is 0.978. The van der Waals surface area contributed by atoms with Crippen molar-refractivity contribution < 1.29 is 23.9 Å². The molecule has 0 spiro atoms. The third kappa shape index (κ3) is 5.37. The predicted molar refractivity (Wildman–Crippen MR) is 113 cm³/mol. The molecule has 0 radical (unpaired) electrons. The van der Waals surface area contributed by atoms with E-state index < -0.39 is 17.8 Å². The Balaban J connectivity index is 1.49. The summed E-state index contributed by atoms with van der Waals surface area (Å²) in [4.78, 5) is 38.3. The van der Waals surface area contributed by atoms with Gasteiger partial charge < -0.3 is 19.7 Å². The third-order valence-corrected chi connectivity index (χ3v) is 4.91. The fourth-order valence-electron chi connectivity index (χ4n) is 3.28. The number of hydrogen-bond donors (Lipinski definition) is 1. The van der Waals surface area contributed by atoms with E-state index >= 15 is 0 Å². The van der Waals surface area contributed by atoms with E-state index in [1.807, 2.05) is 31.2 Å². The van der Waals surface area contributed by atoms with Crippen LogP contribution in [0.25, 0.3) is 0 Å². The van der Waals surface area contributed by atoms with Gasteiger partial charge in [0.15, 0.2) is 6.61 Å². The second kappa shape index (κ2) is 9.91. The van der Waals surface area contributed by atoms with Crippen molar-refractivity contribution in [2.75, 3.05) is 30.0 Å². The summed E-state index contributed by atoms with van der Waals surface area (Å²) >= 11 is 0. The average molecular weight is 410 g/mol. The molecular formula is C23H26N2O5. The van der Waals surface area contributed by atoms with Crippen LogP contribution in [-0.2, 0) is 25.5 Å². The molecule has 7 heteroatoms. The minimum Gasteiger partial charge on any atom is -0.494 e. The van der Waals surface area contributed by atoms with E-state index in [1.54, 1.807) is 29.2 Å². The molecule has 1 aliphatic rings. The number of ether oxygens (including phenoxy) is 2. The summed E-state index contributed by atoms with van der Waals surface area (Å²) in [7, 11) is 0. The molecule has 2 aromatic rings. The molecule has 1 N–H and O–H groups in total. The molecule has 0 aliphatic carbocycles. The molecule has 0 bridgehead atoms.